The molecule has 20 heavy (non-hydrogen) atoms. The Morgan fingerprint density at radius 2 is 2.10 bits per heavy atom. The lowest BCUT2D eigenvalue weighted by molar-refractivity contribution is 0.276. The van der Waals surface area contributed by atoms with Gasteiger partial charge in [-0.1, -0.05) is 0 Å². The second-order valence-electron chi connectivity index (χ2n) is 6.21. The first-order chi connectivity index (χ1) is 9.64. The minimum absolute atomic E-state index is 0.0464. The van der Waals surface area contributed by atoms with Crippen molar-refractivity contribution in [3.05, 3.63) is 35.7 Å². The van der Waals surface area contributed by atoms with Gasteiger partial charge in [-0.2, -0.15) is 5.10 Å². The van der Waals surface area contributed by atoms with Crippen LogP contribution < -0.4 is 0 Å². The molecule has 102 valence electrons. The molecule has 1 atom stereocenters. The van der Waals surface area contributed by atoms with Crippen LogP contribution in [0, 0.1) is 6.92 Å². The fraction of sp³-hybridized carbons (Fsp3) is 0.438. The van der Waals surface area contributed by atoms with E-state index in [-0.39, 0.29) is 5.41 Å². The Kier molecular flexibility index (Phi) is 2.37. The average molecular weight is 266 g/mol. The lowest BCUT2D eigenvalue weighted by atomic mass is 9.85. The van der Waals surface area contributed by atoms with Crippen LogP contribution in [0.15, 0.2) is 29.5 Å². The van der Waals surface area contributed by atoms with Gasteiger partial charge in [-0.15, -0.1) is 0 Å². The Hall–Kier alpha value is -1.97. The molecule has 1 saturated carbocycles. The number of hydrogen-bond donors (Lipinski definition) is 0. The van der Waals surface area contributed by atoms with Crippen molar-refractivity contribution in [2.75, 3.05) is 6.54 Å². The van der Waals surface area contributed by atoms with E-state index in [9.17, 15) is 0 Å². The van der Waals surface area contributed by atoms with E-state index in [1.54, 1.807) is 0 Å². The van der Waals surface area contributed by atoms with Gasteiger partial charge in [0.05, 0.1) is 23.0 Å². The lowest BCUT2D eigenvalue weighted by Crippen LogP contribution is -2.31. The molecule has 1 aliphatic heterocycles. The maximum Gasteiger partial charge on any atom is 0.0892 e. The molecule has 1 fully saturated rings. The molecule has 0 radical (unpaired) electrons. The maximum absolute atomic E-state index is 4.59. The van der Waals surface area contributed by atoms with Crippen molar-refractivity contribution >= 4 is 17.2 Å². The molecule has 4 rings (SSSR count). The summed E-state index contributed by atoms with van der Waals surface area (Å²) < 4.78 is 0. The van der Waals surface area contributed by atoms with Crippen molar-refractivity contribution in [2.45, 2.75) is 38.1 Å². The molecule has 2 aliphatic rings. The zero-order valence-corrected chi connectivity index (χ0v) is 11.9. The Morgan fingerprint density at radius 1 is 1.25 bits per heavy atom. The van der Waals surface area contributed by atoms with E-state index in [0.29, 0.717) is 6.04 Å². The lowest BCUT2D eigenvalue weighted by Gasteiger charge is -2.23. The number of fused-ring (bicyclic) bond motifs is 1. The van der Waals surface area contributed by atoms with Gasteiger partial charge in [-0.05, 0) is 50.5 Å². The van der Waals surface area contributed by atoms with Gasteiger partial charge in [-0.3, -0.25) is 15.0 Å². The molecule has 1 aliphatic carbocycles. The molecule has 3 heterocycles. The molecule has 4 heteroatoms. The van der Waals surface area contributed by atoms with Crippen LogP contribution in [0.1, 0.15) is 31.0 Å². The Balaban J connectivity index is 1.72. The number of pyridine rings is 2. The van der Waals surface area contributed by atoms with Gasteiger partial charge in [0.1, 0.15) is 0 Å². The second-order valence-corrected chi connectivity index (χ2v) is 6.21. The first kappa shape index (κ1) is 11.8. The number of hydrazone groups is 1. The first-order valence-corrected chi connectivity index (χ1v) is 7.20. The van der Waals surface area contributed by atoms with Crippen molar-refractivity contribution in [3.8, 4) is 0 Å². The Bertz CT molecular complexity index is 705. The normalized spacial score (nSPS) is 25.6. The second kappa shape index (κ2) is 4.01. The standard InChI is InChI=1S/C16H18N4/c1-11-3-6-14-15(19-11)7-12(8-17-14)16(2)9-18-20(10-16)13-4-5-13/h3,6-9,13H,4-5,10H2,1-2H3. The molecule has 2 aromatic rings. The zero-order valence-electron chi connectivity index (χ0n) is 11.9. The van der Waals surface area contributed by atoms with E-state index < -0.39 is 0 Å². The Labute approximate surface area is 118 Å². The first-order valence-electron chi connectivity index (χ1n) is 7.20. The predicted molar refractivity (Wildman–Crippen MR) is 79.8 cm³/mol. The third-order valence-electron chi connectivity index (χ3n) is 4.29. The molecule has 1 unspecified atom stereocenters. The van der Waals surface area contributed by atoms with Crippen molar-refractivity contribution in [2.24, 2.45) is 5.10 Å². The molecule has 0 spiro atoms. The summed E-state index contributed by atoms with van der Waals surface area (Å²) in [4.78, 5) is 9.14. The van der Waals surface area contributed by atoms with E-state index in [1.165, 1.54) is 18.4 Å². The van der Waals surface area contributed by atoms with Gasteiger partial charge in [0.15, 0.2) is 0 Å². The zero-order chi connectivity index (χ0) is 13.7. The molecular weight excluding hydrogens is 248 g/mol. The van der Waals surface area contributed by atoms with Crippen LogP contribution in [0.4, 0.5) is 0 Å². The van der Waals surface area contributed by atoms with E-state index in [4.69, 9.17) is 0 Å². The van der Waals surface area contributed by atoms with E-state index in [2.05, 4.69) is 39.3 Å². The van der Waals surface area contributed by atoms with E-state index in [0.717, 1.165) is 23.3 Å². The SMILES string of the molecule is Cc1ccc2ncc(C3(C)C=NN(C4CC4)C3)cc2n1. The van der Waals surface area contributed by atoms with Gasteiger partial charge in [0.2, 0.25) is 0 Å². The molecular formula is C16H18N4. The van der Waals surface area contributed by atoms with Gasteiger partial charge in [0, 0.05) is 24.1 Å². The molecule has 0 aromatic carbocycles. The molecule has 0 amide bonds. The van der Waals surface area contributed by atoms with Gasteiger partial charge in [0.25, 0.3) is 0 Å². The summed E-state index contributed by atoms with van der Waals surface area (Å²) in [6.07, 6.45) is 6.61. The van der Waals surface area contributed by atoms with Crippen molar-refractivity contribution in [1.82, 2.24) is 15.0 Å². The number of aromatic nitrogens is 2. The summed E-state index contributed by atoms with van der Waals surface area (Å²) >= 11 is 0. The predicted octanol–water partition coefficient (Wildman–Crippen LogP) is 2.66. The largest absolute Gasteiger partial charge is 0.293 e. The smallest absolute Gasteiger partial charge is 0.0892 e. The highest BCUT2D eigenvalue weighted by atomic mass is 15.5. The minimum Gasteiger partial charge on any atom is -0.293 e. The van der Waals surface area contributed by atoms with Gasteiger partial charge < -0.3 is 0 Å². The third-order valence-corrected chi connectivity index (χ3v) is 4.29. The summed E-state index contributed by atoms with van der Waals surface area (Å²) in [5.74, 6) is 0. The van der Waals surface area contributed by atoms with Crippen molar-refractivity contribution in [3.63, 3.8) is 0 Å². The van der Waals surface area contributed by atoms with Crippen LogP contribution in [0.25, 0.3) is 11.0 Å². The van der Waals surface area contributed by atoms with Crippen molar-refractivity contribution in [1.29, 1.82) is 0 Å². The molecule has 2 aromatic heterocycles. The maximum atomic E-state index is 4.59. The van der Waals surface area contributed by atoms with Crippen LogP contribution in [0.3, 0.4) is 0 Å². The van der Waals surface area contributed by atoms with Crippen molar-refractivity contribution < 1.29 is 0 Å². The molecule has 4 nitrogen and oxygen atoms in total. The Morgan fingerprint density at radius 3 is 2.90 bits per heavy atom. The van der Waals surface area contributed by atoms with Gasteiger partial charge >= 0.3 is 0 Å². The molecule has 0 saturated heterocycles. The number of aryl methyl sites for hydroxylation is 1. The summed E-state index contributed by atoms with van der Waals surface area (Å²) in [5, 5.41) is 6.82. The number of hydrogen-bond acceptors (Lipinski definition) is 4. The van der Waals surface area contributed by atoms with E-state index >= 15 is 0 Å². The molecule has 0 N–H and O–H groups in total. The van der Waals surface area contributed by atoms with Crippen LogP contribution in [-0.4, -0.2) is 33.8 Å². The van der Waals surface area contributed by atoms with Crippen LogP contribution in [0.2, 0.25) is 0 Å². The van der Waals surface area contributed by atoms with Crippen LogP contribution >= 0.6 is 0 Å². The molecule has 0 bridgehead atoms. The number of nitrogens with zero attached hydrogens (tertiary/aromatic N) is 4. The van der Waals surface area contributed by atoms with E-state index in [1.807, 2.05) is 25.3 Å². The highest BCUT2D eigenvalue weighted by Crippen LogP contribution is 2.35. The summed E-state index contributed by atoms with van der Waals surface area (Å²) in [5.41, 5.74) is 4.12. The summed E-state index contributed by atoms with van der Waals surface area (Å²) in [6.45, 7) is 5.20. The fourth-order valence-electron chi connectivity index (χ4n) is 2.80. The highest BCUT2D eigenvalue weighted by molar-refractivity contribution is 5.80. The monoisotopic (exact) mass is 266 g/mol. The van der Waals surface area contributed by atoms with Gasteiger partial charge in [-0.25, -0.2) is 0 Å². The quantitative estimate of drug-likeness (QED) is 0.839. The fourth-order valence-corrected chi connectivity index (χ4v) is 2.80. The third kappa shape index (κ3) is 1.87. The van der Waals surface area contributed by atoms with Crippen LogP contribution in [0.5, 0.6) is 0 Å². The highest BCUT2D eigenvalue weighted by Gasteiger charge is 2.39. The minimum atomic E-state index is -0.0464. The van der Waals surface area contributed by atoms with Crippen LogP contribution in [-0.2, 0) is 5.41 Å². The summed E-state index contributed by atoms with van der Waals surface area (Å²) in [6, 6.07) is 6.87. The summed E-state index contributed by atoms with van der Waals surface area (Å²) in [7, 11) is 0. The topological polar surface area (TPSA) is 41.4 Å². The number of rotatable bonds is 2. The average Bonchev–Trinajstić information content (AvgIpc) is 3.21.